The Balaban J connectivity index is 0.00000220. The van der Waals surface area contributed by atoms with Gasteiger partial charge in [-0.15, -0.1) is 24.0 Å². The van der Waals surface area contributed by atoms with Crippen molar-refractivity contribution in [1.29, 1.82) is 0 Å². The summed E-state index contributed by atoms with van der Waals surface area (Å²) < 4.78 is 5.57. The summed E-state index contributed by atoms with van der Waals surface area (Å²) in [6.07, 6.45) is 8.46. The minimum absolute atomic E-state index is 0. The van der Waals surface area contributed by atoms with Gasteiger partial charge in [0.25, 0.3) is 0 Å². The molecule has 3 N–H and O–H groups in total. The molecule has 6 heteroatoms. The first-order valence-electron chi connectivity index (χ1n) is 8.04. The number of hydrogen-bond acceptors (Lipinski definition) is 3. The van der Waals surface area contributed by atoms with Crippen molar-refractivity contribution in [1.82, 2.24) is 10.6 Å². The maximum Gasteiger partial charge on any atom is 0.191 e. The van der Waals surface area contributed by atoms with E-state index in [1.54, 1.807) is 7.05 Å². The van der Waals surface area contributed by atoms with Gasteiger partial charge in [-0.3, -0.25) is 4.99 Å². The Morgan fingerprint density at radius 1 is 1.19 bits per heavy atom. The first-order valence-corrected chi connectivity index (χ1v) is 8.04. The molecule has 1 saturated carbocycles. The second-order valence-corrected chi connectivity index (χ2v) is 5.93. The van der Waals surface area contributed by atoms with Crippen molar-refractivity contribution in [3.63, 3.8) is 0 Å². The van der Waals surface area contributed by atoms with E-state index in [1.165, 1.54) is 19.3 Å². The molecule has 2 rings (SSSR count). The second kappa shape index (κ2) is 10.6. The summed E-state index contributed by atoms with van der Waals surface area (Å²) in [6, 6.07) is 0. The van der Waals surface area contributed by atoms with Crippen LogP contribution in [0.2, 0.25) is 0 Å². The lowest BCUT2D eigenvalue weighted by molar-refractivity contribution is 0.0877. The lowest BCUT2D eigenvalue weighted by Gasteiger charge is -2.27. The zero-order valence-electron chi connectivity index (χ0n) is 13.0. The van der Waals surface area contributed by atoms with Crippen LogP contribution in [0.25, 0.3) is 0 Å². The number of rotatable bonds is 5. The van der Waals surface area contributed by atoms with E-state index in [9.17, 15) is 5.11 Å². The molecule has 1 aliphatic heterocycles. The van der Waals surface area contributed by atoms with Gasteiger partial charge in [0.2, 0.25) is 0 Å². The molecule has 0 aromatic rings. The molecule has 1 heterocycles. The topological polar surface area (TPSA) is 65.9 Å². The van der Waals surface area contributed by atoms with Gasteiger partial charge in [0, 0.05) is 26.7 Å². The fourth-order valence-corrected chi connectivity index (χ4v) is 3.12. The molecule has 2 unspecified atom stereocenters. The fraction of sp³-hybridized carbons (Fsp3) is 0.933. The van der Waals surface area contributed by atoms with Crippen LogP contribution in [0.1, 0.15) is 44.9 Å². The van der Waals surface area contributed by atoms with Crippen molar-refractivity contribution in [2.24, 2.45) is 10.9 Å². The quantitative estimate of drug-likeness (QED) is 0.367. The number of aliphatic hydroxyl groups excluding tert-OH is 1. The van der Waals surface area contributed by atoms with Gasteiger partial charge in [-0.25, -0.2) is 0 Å². The largest absolute Gasteiger partial charge is 0.391 e. The van der Waals surface area contributed by atoms with E-state index in [-0.39, 0.29) is 30.1 Å². The van der Waals surface area contributed by atoms with Gasteiger partial charge >= 0.3 is 0 Å². The van der Waals surface area contributed by atoms with Crippen LogP contribution in [0, 0.1) is 5.92 Å². The predicted molar refractivity (Wildman–Crippen MR) is 96.3 cm³/mol. The normalized spacial score (nSPS) is 25.2. The summed E-state index contributed by atoms with van der Waals surface area (Å²) in [5, 5.41) is 16.7. The van der Waals surface area contributed by atoms with Gasteiger partial charge in [-0.2, -0.15) is 0 Å². The molecule has 0 aromatic heterocycles. The summed E-state index contributed by atoms with van der Waals surface area (Å²) in [4.78, 5) is 4.19. The molecular weight excluding hydrogens is 381 g/mol. The third kappa shape index (κ3) is 6.69. The zero-order valence-corrected chi connectivity index (χ0v) is 15.3. The molecule has 5 nitrogen and oxygen atoms in total. The maximum atomic E-state index is 10.2. The average molecular weight is 411 g/mol. The maximum absolute atomic E-state index is 10.2. The minimum atomic E-state index is -0.267. The Morgan fingerprint density at radius 3 is 2.57 bits per heavy atom. The van der Waals surface area contributed by atoms with Crippen molar-refractivity contribution in [3.8, 4) is 0 Å². The van der Waals surface area contributed by atoms with Crippen LogP contribution in [0.15, 0.2) is 4.99 Å². The van der Waals surface area contributed by atoms with Gasteiger partial charge < -0.3 is 20.5 Å². The van der Waals surface area contributed by atoms with E-state index in [4.69, 9.17) is 4.74 Å². The van der Waals surface area contributed by atoms with Gasteiger partial charge in [0.05, 0.1) is 12.2 Å². The van der Waals surface area contributed by atoms with Crippen LogP contribution >= 0.6 is 24.0 Å². The van der Waals surface area contributed by atoms with Gasteiger partial charge in [-0.05, 0) is 31.6 Å². The second-order valence-electron chi connectivity index (χ2n) is 5.93. The lowest BCUT2D eigenvalue weighted by atomic mass is 9.85. The van der Waals surface area contributed by atoms with Crippen LogP contribution in [-0.4, -0.2) is 50.0 Å². The van der Waals surface area contributed by atoms with Crippen LogP contribution in [0.4, 0.5) is 0 Å². The highest BCUT2D eigenvalue weighted by Gasteiger charge is 2.22. The molecule has 0 radical (unpaired) electrons. The molecule has 2 fully saturated rings. The SMILES string of the molecule is CN=C(NCC1CCCO1)NCC(O)C1CCCCC1.I. The number of nitrogens with zero attached hydrogens (tertiary/aromatic N) is 1. The Kier molecular flexibility index (Phi) is 9.59. The number of aliphatic imine (C=N–C) groups is 1. The molecular formula is C15H30IN3O2. The molecule has 1 aliphatic carbocycles. The first-order chi connectivity index (χ1) is 9.79. The Hall–Kier alpha value is -0.0800. The summed E-state index contributed by atoms with van der Waals surface area (Å²) in [6.45, 7) is 2.24. The van der Waals surface area contributed by atoms with Crippen molar-refractivity contribution >= 4 is 29.9 Å². The molecule has 1 saturated heterocycles. The van der Waals surface area contributed by atoms with E-state index in [1.807, 2.05) is 0 Å². The predicted octanol–water partition coefficient (Wildman–Crippen LogP) is 1.89. The van der Waals surface area contributed by atoms with E-state index in [0.717, 1.165) is 44.8 Å². The number of hydrogen-bond donors (Lipinski definition) is 3. The van der Waals surface area contributed by atoms with Crippen LogP contribution in [0.5, 0.6) is 0 Å². The Labute approximate surface area is 145 Å². The van der Waals surface area contributed by atoms with E-state index in [2.05, 4.69) is 15.6 Å². The van der Waals surface area contributed by atoms with Crippen molar-refractivity contribution in [3.05, 3.63) is 0 Å². The molecule has 0 amide bonds. The summed E-state index contributed by atoms with van der Waals surface area (Å²) >= 11 is 0. The average Bonchev–Trinajstić information content (AvgIpc) is 3.01. The third-order valence-corrected chi connectivity index (χ3v) is 4.42. The molecule has 2 atom stereocenters. The lowest BCUT2D eigenvalue weighted by Crippen LogP contribution is -2.45. The van der Waals surface area contributed by atoms with Gasteiger partial charge in [0.15, 0.2) is 5.96 Å². The molecule has 0 spiro atoms. The van der Waals surface area contributed by atoms with E-state index >= 15 is 0 Å². The Bertz CT molecular complexity index is 303. The number of nitrogens with one attached hydrogen (secondary N) is 2. The monoisotopic (exact) mass is 411 g/mol. The molecule has 2 aliphatic rings. The zero-order chi connectivity index (χ0) is 14.2. The smallest absolute Gasteiger partial charge is 0.191 e. The van der Waals surface area contributed by atoms with Crippen LogP contribution < -0.4 is 10.6 Å². The van der Waals surface area contributed by atoms with Crippen molar-refractivity contribution in [2.45, 2.75) is 57.2 Å². The number of aliphatic hydroxyl groups is 1. The number of halogens is 1. The minimum Gasteiger partial charge on any atom is -0.391 e. The highest BCUT2D eigenvalue weighted by atomic mass is 127. The van der Waals surface area contributed by atoms with E-state index in [0.29, 0.717) is 18.6 Å². The van der Waals surface area contributed by atoms with Crippen LogP contribution in [-0.2, 0) is 4.74 Å². The van der Waals surface area contributed by atoms with Crippen LogP contribution in [0.3, 0.4) is 0 Å². The Morgan fingerprint density at radius 2 is 1.95 bits per heavy atom. The van der Waals surface area contributed by atoms with E-state index < -0.39 is 0 Å². The number of guanidine groups is 1. The fourth-order valence-electron chi connectivity index (χ4n) is 3.12. The first kappa shape index (κ1) is 19.0. The highest BCUT2D eigenvalue weighted by molar-refractivity contribution is 14.0. The third-order valence-electron chi connectivity index (χ3n) is 4.42. The van der Waals surface area contributed by atoms with Gasteiger partial charge in [-0.1, -0.05) is 19.3 Å². The summed E-state index contributed by atoms with van der Waals surface area (Å²) in [5.41, 5.74) is 0. The molecule has 0 aromatic carbocycles. The molecule has 0 bridgehead atoms. The highest BCUT2D eigenvalue weighted by Crippen LogP contribution is 2.26. The molecule has 21 heavy (non-hydrogen) atoms. The summed E-state index contributed by atoms with van der Waals surface area (Å²) in [5.74, 6) is 1.21. The standard InChI is InChI=1S/C15H29N3O2.HI/c1-16-15(17-10-13-8-5-9-20-13)18-11-14(19)12-6-3-2-4-7-12;/h12-14,19H,2-11H2,1H3,(H2,16,17,18);1H. The van der Waals surface area contributed by atoms with Crippen molar-refractivity contribution < 1.29 is 9.84 Å². The van der Waals surface area contributed by atoms with Gasteiger partial charge in [0.1, 0.15) is 0 Å². The molecule has 124 valence electrons. The van der Waals surface area contributed by atoms with Crippen molar-refractivity contribution in [2.75, 3.05) is 26.7 Å². The number of ether oxygens (including phenoxy) is 1. The summed E-state index contributed by atoms with van der Waals surface area (Å²) in [7, 11) is 1.76.